The van der Waals surface area contributed by atoms with Crippen LogP contribution < -0.4 is 5.32 Å². The average molecular weight is 740 g/mol. The summed E-state index contributed by atoms with van der Waals surface area (Å²) >= 11 is 0. The topological polar surface area (TPSA) is 181 Å². The number of aliphatic hydroxyl groups is 6. The lowest BCUT2D eigenvalue weighted by Crippen LogP contribution is -2.59. The Hall–Kier alpha value is -1.15. The molecule has 0 aromatic carbocycles. The Morgan fingerprint density at radius 2 is 1.38 bits per heavy atom. The van der Waals surface area contributed by atoms with Crippen molar-refractivity contribution in [3.63, 3.8) is 0 Å². The molecule has 0 radical (unpaired) electrons. The molecule has 52 heavy (non-hydrogen) atoms. The Balaban J connectivity index is 1.41. The number of aryl methyl sites for hydroxylation is 1. The first-order chi connectivity index (χ1) is 25.3. The quantitative estimate of drug-likeness (QED) is 0.0435. The van der Waals surface area contributed by atoms with Gasteiger partial charge in [-0.3, -0.25) is 0 Å². The molecule has 1 aromatic heterocycles. The molecule has 0 bridgehead atoms. The van der Waals surface area contributed by atoms with Gasteiger partial charge in [-0.25, -0.2) is 4.98 Å². The van der Waals surface area contributed by atoms with E-state index in [1.54, 1.807) is 6.20 Å². The van der Waals surface area contributed by atoms with Crippen molar-refractivity contribution in [3.05, 3.63) is 17.7 Å². The fourth-order valence-electron chi connectivity index (χ4n) is 7.84. The zero-order valence-corrected chi connectivity index (χ0v) is 32.5. The number of H-pyrrole nitrogens is 1. The predicted molar refractivity (Wildman–Crippen MR) is 205 cm³/mol. The molecular weight excluding hydrogens is 662 g/mol. The highest BCUT2D eigenvalue weighted by atomic mass is 16.7. The van der Waals surface area contributed by atoms with Gasteiger partial charge in [0.25, 0.3) is 0 Å². The number of rotatable bonds is 31. The van der Waals surface area contributed by atoms with Gasteiger partial charge in [0, 0.05) is 11.9 Å². The van der Waals surface area contributed by atoms with Crippen LogP contribution in [0.3, 0.4) is 0 Å². The van der Waals surface area contributed by atoms with Crippen LogP contribution in [0.2, 0.25) is 0 Å². The monoisotopic (exact) mass is 740 g/mol. The molecule has 0 amide bonds. The van der Waals surface area contributed by atoms with Gasteiger partial charge in [0.1, 0.15) is 30.2 Å². The molecule has 3 heterocycles. The fraction of sp³-hybridized carbons (Fsp3) is 0.927. The summed E-state index contributed by atoms with van der Waals surface area (Å²) in [6.07, 6.45) is 21.1. The van der Waals surface area contributed by atoms with Crippen LogP contribution in [-0.4, -0.2) is 110 Å². The Morgan fingerprint density at radius 1 is 0.788 bits per heavy atom. The van der Waals surface area contributed by atoms with Crippen molar-refractivity contribution in [1.82, 2.24) is 15.3 Å². The minimum Gasteiger partial charge on any atom is -0.394 e. The number of aliphatic hydroxyl groups excluding tert-OH is 6. The largest absolute Gasteiger partial charge is 0.394 e. The summed E-state index contributed by atoms with van der Waals surface area (Å²) in [6, 6.07) is 0. The zero-order chi connectivity index (χ0) is 37.4. The van der Waals surface area contributed by atoms with E-state index in [-0.39, 0.29) is 6.61 Å². The second-order valence-electron chi connectivity index (χ2n) is 15.9. The molecule has 2 fully saturated rings. The van der Waals surface area contributed by atoms with Crippen LogP contribution in [0.5, 0.6) is 0 Å². The molecule has 11 heteroatoms. The highest BCUT2D eigenvalue weighted by Gasteiger charge is 2.44. The summed E-state index contributed by atoms with van der Waals surface area (Å²) in [6.45, 7) is 3.92. The number of ether oxygens (including phenoxy) is 2. The number of hydrogen-bond acceptors (Lipinski definition) is 10. The van der Waals surface area contributed by atoms with E-state index < -0.39 is 55.4 Å². The van der Waals surface area contributed by atoms with E-state index in [0.29, 0.717) is 12.2 Å². The molecule has 0 aliphatic carbocycles. The Labute approximate surface area is 314 Å². The van der Waals surface area contributed by atoms with Gasteiger partial charge in [-0.2, -0.15) is 0 Å². The number of unbranched alkanes of at least 4 members (excludes halogenated alkanes) is 18. The number of imidazole rings is 1. The Bertz CT molecular complexity index is 993. The number of hydrogen-bond donors (Lipinski definition) is 8. The first-order valence-corrected chi connectivity index (χ1v) is 21.4. The molecule has 11 nitrogen and oxygen atoms in total. The zero-order valence-electron chi connectivity index (χ0n) is 32.5. The predicted octanol–water partition coefficient (Wildman–Crippen LogP) is 5.79. The minimum atomic E-state index is -1.56. The SMILES string of the molecule is CCCCCCCCCCCCCC[C@@H](O)[C@@H](O)[C@H](COC1OC(CO)C(O)C(O)C1O)c1ncc(CCCCCCCCCCC2CCNC2)[nH]1. The van der Waals surface area contributed by atoms with Crippen LogP contribution in [0, 0.1) is 5.92 Å². The molecule has 0 saturated carbocycles. The third-order valence-corrected chi connectivity index (χ3v) is 11.4. The summed E-state index contributed by atoms with van der Waals surface area (Å²) < 4.78 is 11.4. The van der Waals surface area contributed by atoms with Crippen molar-refractivity contribution in [2.75, 3.05) is 26.3 Å². The van der Waals surface area contributed by atoms with Crippen molar-refractivity contribution in [3.8, 4) is 0 Å². The summed E-state index contributed by atoms with van der Waals surface area (Å²) in [5.41, 5.74) is 0.955. The first-order valence-electron chi connectivity index (χ1n) is 21.4. The smallest absolute Gasteiger partial charge is 0.186 e. The van der Waals surface area contributed by atoms with Crippen molar-refractivity contribution >= 4 is 0 Å². The van der Waals surface area contributed by atoms with Gasteiger partial charge in [-0.15, -0.1) is 0 Å². The number of nitrogens with one attached hydrogen (secondary N) is 2. The second-order valence-corrected chi connectivity index (χ2v) is 15.9. The maximum atomic E-state index is 11.4. The summed E-state index contributed by atoms with van der Waals surface area (Å²) in [4.78, 5) is 7.92. The van der Waals surface area contributed by atoms with Gasteiger partial charge >= 0.3 is 0 Å². The molecule has 0 spiro atoms. The van der Waals surface area contributed by atoms with Crippen LogP contribution in [0.25, 0.3) is 0 Å². The molecule has 1 aromatic rings. The molecule has 304 valence electrons. The van der Waals surface area contributed by atoms with Gasteiger partial charge in [0.2, 0.25) is 0 Å². The van der Waals surface area contributed by atoms with Gasteiger partial charge in [-0.1, -0.05) is 129 Å². The van der Waals surface area contributed by atoms with E-state index in [1.807, 2.05) is 0 Å². The van der Waals surface area contributed by atoms with Crippen molar-refractivity contribution in [2.45, 2.75) is 210 Å². The maximum Gasteiger partial charge on any atom is 0.186 e. The third kappa shape index (κ3) is 17.1. The van der Waals surface area contributed by atoms with E-state index in [0.717, 1.165) is 50.1 Å². The average Bonchev–Trinajstić information content (AvgIpc) is 3.85. The Morgan fingerprint density at radius 3 is 1.98 bits per heavy atom. The van der Waals surface area contributed by atoms with Gasteiger partial charge in [0.05, 0.1) is 31.3 Å². The Kier molecular flexibility index (Phi) is 23.9. The highest BCUT2D eigenvalue weighted by Crippen LogP contribution is 2.28. The number of aromatic amines is 1. The van der Waals surface area contributed by atoms with Crippen LogP contribution in [0.1, 0.15) is 172 Å². The van der Waals surface area contributed by atoms with E-state index >= 15 is 0 Å². The van der Waals surface area contributed by atoms with E-state index in [9.17, 15) is 30.6 Å². The molecular formula is C41H77N3O8. The van der Waals surface area contributed by atoms with Crippen LogP contribution in [0.15, 0.2) is 6.20 Å². The van der Waals surface area contributed by atoms with E-state index in [4.69, 9.17) is 9.47 Å². The lowest BCUT2D eigenvalue weighted by atomic mass is 9.94. The van der Waals surface area contributed by atoms with Crippen molar-refractivity contribution in [1.29, 1.82) is 0 Å². The second kappa shape index (κ2) is 27.4. The summed E-state index contributed by atoms with van der Waals surface area (Å²) in [7, 11) is 0. The van der Waals surface area contributed by atoms with Gasteiger partial charge in [0.15, 0.2) is 6.29 Å². The summed E-state index contributed by atoms with van der Waals surface area (Å²) in [5, 5.41) is 66.4. The van der Waals surface area contributed by atoms with Gasteiger partial charge < -0.3 is 50.4 Å². The van der Waals surface area contributed by atoms with Gasteiger partial charge in [-0.05, 0) is 51.1 Å². The lowest BCUT2D eigenvalue weighted by molar-refractivity contribution is -0.303. The van der Waals surface area contributed by atoms with Crippen molar-refractivity contribution < 1.29 is 40.1 Å². The van der Waals surface area contributed by atoms with Crippen molar-refractivity contribution in [2.24, 2.45) is 5.92 Å². The minimum absolute atomic E-state index is 0.163. The fourth-order valence-corrected chi connectivity index (χ4v) is 7.84. The molecule has 8 N–H and O–H groups in total. The third-order valence-electron chi connectivity index (χ3n) is 11.4. The summed E-state index contributed by atoms with van der Waals surface area (Å²) in [5.74, 6) is 0.623. The molecule has 6 unspecified atom stereocenters. The first kappa shape index (κ1) is 45.2. The molecule has 9 atom stereocenters. The van der Waals surface area contributed by atoms with Crippen LogP contribution >= 0.6 is 0 Å². The van der Waals surface area contributed by atoms with E-state index in [1.165, 1.54) is 122 Å². The highest BCUT2D eigenvalue weighted by molar-refractivity contribution is 5.09. The normalized spacial score (nSPS) is 25.4. The van der Waals surface area contributed by atoms with Crippen LogP contribution in [0.4, 0.5) is 0 Å². The molecule has 2 aliphatic rings. The molecule has 2 saturated heterocycles. The number of nitrogens with zero attached hydrogens (tertiary/aromatic N) is 1. The lowest BCUT2D eigenvalue weighted by Gasteiger charge is -2.40. The molecule has 3 rings (SSSR count). The standard InChI is InChI=1S/C41H77N3O8/c1-2-3-4-5-6-7-8-9-10-15-18-21-24-34(46)36(47)33(30-51-41-39(50)38(49)37(48)35(29-45)52-41)40-43-28-32(44-40)23-20-17-14-12-11-13-16-19-22-31-25-26-42-27-31/h28,31,33-39,41-42,45-50H,2-27,29-30H2,1H3,(H,43,44)/t31?,33-,34+,35?,36-,37?,38?,39?,41?/m0/s1. The number of aromatic nitrogens is 2. The molecule has 2 aliphatic heterocycles. The van der Waals surface area contributed by atoms with Crippen LogP contribution in [-0.2, 0) is 15.9 Å². The van der Waals surface area contributed by atoms with E-state index in [2.05, 4.69) is 22.2 Å². The maximum absolute atomic E-state index is 11.4.